The van der Waals surface area contributed by atoms with Gasteiger partial charge in [0.2, 0.25) is 0 Å². The van der Waals surface area contributed by atoms with Gasteiger partial charge in [-0.2, -0.15) is 0 Å². The lowest BCUT2D eigenvalue weighted by Gasteiger charge is -2.30. The number of methoxy groups -OCH3 is 1. The first-order valence-electron chi connectivity index (χ1n) is 8.36. The number of hydrogen-bond donors (Lipinski definition) is 1. The van der Waals surface area contributed by atoms with Gasteiger partial charge in [-0.15, -0.1) is 0 Å². The van der Waals surface area contributed by atoms with Gasteiger partial charge in [-0.1, -0.05) is 13.0 Å². The third kappa shape index (κ3) is 4.21. The summed E-state index contributed by atoms with van der Waals surface area (Å²) in [6.45, 7) is 6.80. The molecule has 0 spiro atoms. The first-order valence-corrected chi connectivity index (χ1v) is 8.36. The molecule has 1 aliphatic heterocycles. The summed E-state index contributed by atoms with van der Waals surface area (Å²) in [5.41, 5.74) is 2.71. The Balaban J connectivity index is 1.64. The summed E-state index contributed by atoms with van der Waals surface area (Å²) >= 11 is 0. The molecule has 0 atom stereocenters. The number of likely N-dealkylation sites (tertiary alicyclic amines) is 1. The van der Waals surface area contributed by atoms with Crippen molar-refractivity contribution in [2.24, 2.45) is 5.92 Å². The Bertz CT molecular complexity index is 462. The second kappa shape index (κ2) is 6.80. The smallest absolute Gasteiger partial charge is 0.123 e. The minimum atomic E-state index is 0.763. The molecule has 1 aromatic rings. The van der Waals surface area contributed by atoms with E-state index in [1.54, 1.807) is 7.11 Å². The molecule has 116 valence electrons. The van der Waals surface area contributed by atoms with Gasteiger partial charge in [0.1, 0.15) is 5.75 Å². The van der Waals surface area contributed by atoms with E-state index < -0.39 is 0 Å². The van der Waals surface area contributed by atoms with Crippen LogP contribution in [0.15, 0.2) is 18.2 Å². The lowest BCUT2D eigenvalue weighted by molar-refractivity contribution is 0.183. The fourth-order valence-electron chi connectivity index (χ4n) is 3.08. The molecule has 0 radical (unpaired) electrons. The van der Waals surface area contributed by atoms with Crippen molar-refractivity contribution in [3.8, 4) is 5.75 Å². The van der Waals surface area contributed by atoms with E-state index in [4.69, 9.17) is 4.74 Å². The van der Waals surface area contributed by atoms with E-state index in [-0.39, 0.29) is 0 Å². The van der Waals surface area contributed by atoms with E-state index in [9.17, 15) is 0 Å². The molecule has 1 saturated carbocycles. The number of benzene rings is 1. The zero-order valence-electron chi connectivity index (χ0n) is 13.4. The van der Waals surface area contributed by atoms with Crippen LogP contribution in [0.5, 0.6) is 5.75 Å². The second-order valence-corrected chi connectivity index (χ2v) is 6.76. The van der Waals surface area contributed by atoms with Crippen LogP contribution >= 0.6 is 0 Å². The average molecular weight is 288 g/mol. The van der Waals surface area contributed by atoms with Gasteiger partial charge in [-0.3, -0.25) is 4.90 Å². The molecular formula is C18H28N2O. The van der Waals surface area contributed by atoms with E-state index in [0.29, 0.717) is 0 Å². The Morgan fingerprint density at radius 3 is 2.62 bits per heavy atom. The monoisotopic (exact) mass is 288 g/mol. The first-order chi connectivity index (χ1) is 10.2. The van der Waals surface area contributed by atoms with Crippen LogP contribution in [0.1, 0.15) is 43.7 Å². The maximum absolute atomic E-state index is 5.55. The summed E-state index contributed by atoms with van der Waals surface area (Å²) in [5.74, 6) is 1.92. The highest BCUT2D eigenvalue weighted by atomic mass is 16.5. The van der Waals surface area contributed by atoms with Gasteiger partial charge < -0.3 is 10.1 Å². The predicted octanol–water partition coefficient (Wildman–Crippen LogP) is 3.18. The summed E-state index contributed by atoms with van der Waals surface area (Å²) in [6, 6.07) is 7.41. The molecule has 1 aliphatic carbocycles. The molecule has 1 heterocycles. The van der Waals surface area contributed by atoms with Gasteiger partial charge >= 0.3 is 0 Å². The lowest BCUT2D eigenvalue weighted by atomic mass is 9.98. The fourth-order valence-corrected chi connectivity index (χ4v) is 3.08. The molecule has 3 heteroatoms. The molecule has 0 unspecified atom stereocenters. The zero-order valence-corrected chi connectivity index (χ0v) is 13.4. The molecule has 2 aliphatic rings. The molecule has 1 aromatic carbocycles. The number of rotatable bonds is 6. The number of ether oxygens (including phenoxy) is 1. The molecule has 1 saturated heterocycles. The topological polar surface area (TPSA) is 24.5 Å². The third-order valence-corrected chi connectivity index (χ3v) is 4.79. The summed E-state index contributed by atoms with van der Waals surface area (Å²) in [6.07, 6.45) is 5.33. The van der Waals surface area contributed by atoms with Crippen LogP contribution < -0.4 is 10.1 Å². The number of nitrogens with zero attached hydrogens (tertiary/aromatic N) is 1. The molecule has 21 heavy (non-hydrogen) atoms. The number of nitrogens with one attached hydrogen (secondary N) is 1. The van der Waals surface area contributed by atoms with E-state index >= 15 is 0 Å². The highest BCUT2D eigenvalue weighted by Gasteiger charge is 2.20. The minimum Gasteiger partial charge on any atom is -0.496 e. The van der Waals surface area contributed by atoms with Crippen LogP contribution in [0.25, 0.3) is 0 Å². The standard InChI is InChI=1S/C18H28N2O/c1-14-7-9-20(10-8-14)13-16-11-15(3-6-18(16)21-2)12-19-17-4-5-17/h3,6,11,14,17,19H,4-5,7-10,12-13H2,1-2H3. The molecule has 2 fully saturated rings. The summed E-state index contributed by atoms with van der Waals surface area (Å²) in [5, 5.41) is 3.59. The highest BCUT2D eigenvalue weighted by molar-refractivity contribution is 5.37. The van der Waals surface area contributed by atoms with Crippen molar-refractivity contribution in [3.63, 3.8) is 0 Å². The Kier molecular flexibility index (Phi) is 4.81. The van der Waals surface area contributed by atoms with Crippen LogP contribution in [0, 0.1) is 5.92 Å². The molecular weight excluding hydrogens is 260 g/mol. The second-order valence-electron chi connectivity index (χ2n) is 6.76. The van der Waals surface area contributed by atoms with E-state index in [1.165, 1.54) is 49.9 Å². The first kappa shape index (κ1) is 14.9. The molecule has 1 N–H and O–H groups in total. The van der Waals surface area contributed by atoms with Crippen LogP contribution in [0.3, 0.4) is 0 Å². The number of piperidine rings is 1. The van der Waals surface area contributed by atoms with Crippen LogP contribution in [0.2, 0.25) is 0 Å². The Morgan fingerprint density at radius 2 is 1.95 bits per heavy atom. The highest BCUT2D eigenvalue weighted by Crippen LogP contribution is 2.25. The SMILES string of the molecule is COc1ccc(CNC2CC2)cc1CN1CCC(C)CC1. The quantitative estimate of drug-likeness (QED) is 0.870. The van der Waals surface area contributed by atoms with Crippen molar-refractivity contribution in [2.45, 2.75) is 51.7 Å². The molecule has 0 aromatic heterocycles. The third-order valence-electron chi connectivity index (χ3n) is 4.79. The van der Waals surface area contributed by atoms with Gasteiger partial charge in [-0.05, 0) is 62.4 Å². The van der Waals surface area contributed by atoms with Crippen molar-refractivity contribution < 1.29 is 4.74 Å². The maximum Gasteiger partial charge on any atom is 0.123 e. The Morgan fingerprint density at radius 1 is 1.19 bits per heavy atom. The van der Waals surface area contributed by atoms with Gasteiger partial charge in [0.05, 0.1) is 7.11 Å². The summed E-state index contributed by atoms with van der Waals surface area (Å²) < 4.78 is 5.55. The zero-order chi connectivity index (χ0) is 14.7. The van der Waals surface area contributed by atoms with Crippen molar-refractivity contribution >= 4 is 0 Å². The number of hydrogen-bond acceptors (Lipinski definition) is 3. The maximum atomic E-state index is 5.55. The van der Waals surface area contributed by atoms with E-state index in [2.05, 4.69) is 35.3 Å². The summed E-state index contributed by atoms with van der Waals surface area (Å²) in [7, 11) is 1.78. The molecule has 3 rings (SSSR count). The van der Waals surface area contributed by atoms with Crippen LogP contribution in [-0.4, -0.2) is 31.1 Å². The normalized spacial score (nSPS) is 20.7. The van der Waals surface area contributed by atoms with Crippen molar-refractivity contribution in [1.82, 2.24) is 10.2 Å². The average Bonchev–Trinajstić information content (AvgIpc) is 3.32. The van der Waals surface area contributed by atoms with Gasteiger partial charge in [0.15, 0.2) is 0 Å². The van der Waals surface area contributed by atoms with Crippen LogP contribution in [-0.2, 0) is 13.1 Å². The Labute approximate surface area is 128 Å². The molecule has 0 amide bonds. The predicted molar refractivity (Wildman–Crippen MR) is 86.5 cm³/mol. The van der Waals surface area contributed by atoms with Crippen molar-refractivity contribution in [2.75, 3.05) is 20.2 Å². The largest absolute Gasteiger partial charge is 0.496 e. The Hall–Kier alpha value is -1.06. The van der Waals surface area contributed by atoms with E-state index in [1.807, 2.05) is 0 Å². The van der Waals surface area contributed by atoms with Gasteiger partial charge in [-0.25, -0.2) is 0 Å². The molecule has 3 nitrogen and oxygen atoms in total. The van der Waals surface area contributed by atoms with Crippen molar-refractivity contribution in [1.29, 1.82) is 0 Å². The van der Waals surface area contributed by atoms with E-state index in [0.717, 1.165) is 30.8 Å². The fraction of sp³-hybridized carbons (Fsp3) is 0.667. The van der Waals surface area contributed by atoms with Crippen molar-refractivity contribution in [3.05, 3.63) is 29.3 Å². The van der Waals surface area contributed by atoms with Gasteiger partial charge in [0, 0.05) is 24.7 Å². The minimum absolute atomic E-state index is 0.763. The molecule has 0 bridgehead atoms. The van der Waals surface area contributed by atoms with Gasteiger partial charge in [0.25, 0.3) is 0 Å². The lowest BCUT2D eigenvalue weighted by Crippen LogP contribution is -2.32. The summed E-state index contributed by atoms with van der Waals surface area (Å²) in [4.78, 5) is 2.57. The van der Waals surface area contributed by atoms with Crippen LogP contribution in [0.4, 0.5) is 0 Å².